The van der Waals surface area contributed by atoms with Gasteiger partial charge in [-0.3, -0.25) is 4.72 Å². The summed E-state index contributed by atoms with van der Waals surface area (Å²) in [6.45, 7) is 7.32. The largest absolute Gasteiger partial charge is 0.276 e. The lowest BCUT2D eigenvalue weighted by atomic mass is 10.2. The predicted octanol–water partition coefficient (Wildman–Crippen LogP) is 3.91. The van der Waals surface area contributed by atoms with Gasteiger partial charge in [0.25, 0.3) is 10.0 Å². The second-order valence-corrected chi connectivity index (χ2v) is 7.82. The van der Waals surface area contributed by atoms with E-state index in [1.807, 2.05) is 56.3 Å². The highest BCUT2D eigenvalue weighted by Crippen LogP contribution is 2.27. The smallest absolute Gasteiger partial charge is 0.262 e. The summed E-state index contributed by atoms with van der Waals surface area (Å²) in [6, 6.07) is 15.0. The fraction of sp³-hybridized carbons (Fsp3) is 0.211. The fourth-order valence-electron chi connectivity index (χ4n) is 2.80. The van der Waals surface area contributed by atoms with E-state index in [0.717, 1.165) is 16.9 Å². The molecule has 2 aromatic carbocycles. The van der Waals surface area contributed by atoms with Gasteiger partial charge in [0.2, 0.25) is 0 Å². The van der Waals surface area contributed by atoms with Gasteiger partial charge in [0.15, 0.2) is 0 Å². The molecule has 3 rings (SSSR count). The van der Waals surface area contributed by atoms with Crippen LogP contribution in [0, 0.1) is 27.7 Å². The first-order chi connectivity index (χ1) is 11.8. The molecule has 25 heavy (non-hydrogen) atoms. The second kappa shape index (κ2) is 6.37. The summed E-state index contributed by atoms with van der Waals surface area (Å²) >= 11 is 0. The van der Waals surface area contributed by atoms with Crippen LogP contribution in [0.25, 0.3) is 5.69 Å². The van der Waals surface area contributed by atoms with E-state index in [9.17, 15) is 8.42 Å². The minimum Gasteiger partial charge on any atom is -0.276 e. The zero-order valence-corrected chi connectivity index (χ0v) is 15.6. The molecule has 3 aromatic rings. The van der Waals surface area contributed by atoms with Crippen molar-refractivity contribution in [2.75, 3.05) is 4.72 Å². The normalized spacial score (nSPS) is 11.5. The van der Waals surface area contributed by atoms with Crippen molar-refractivity contribution < 1.29 is 8.42 Å². The maximum absolute atomic E-state index is 12.9. The van der Waals surface area contributed by atoms with Crippen LogP contribution >= 0.6 is 0 Å². The second-order valence-electron chi connectivity index (χ2n) is 6.17. The number of anilines is 1. The number of benzene rings is 2. The number of para-hydroxylation sites is 1. The SMILES string of the molecule is Cc1ccc(C)c(S(=O)(=O)Nc2c(C)nn(-c3ccccc3)c2C)c1. The Morgan fingerprint density at radius 2 is 1.64 bits per heavy atom. The van der Waals surface area contributed by atoms with Gasteiger partial charge < -0.3 is 0 Å². The average molecular weight is 355 g/mol. The molecule has 0 spiro atoms. The summed E-state index contributed by atoms with van der Waals surface area (Å²) < 4.78 is 30.2. The van der Waals surface area contributed by atoms with Crippen LogP contribution in [0.3, 0.4) is 0 Å². The maximum atomic E-state index is 12.9. The lowest BCUT2D eigenvalue weighted by molar-refractivity contribution is 0.600. The first kappa shape index (κ1) is 17.2. The van der Waals surface area contributed by atoms with Crippen molar-refractivity contribution in [3.05, 3.63) is 71.0 Å². The molecule has 0 unspecified atom stereocenters. The third-order valence-corrected chi connectivity index (χ3v) is 5.65. The minimum atomic E-state index is -3.68. The van der Waals surface area contributed by atoms with Crippen molar-refractivity contribution in [2.45, 2.75) is 32.6 Å². The Morgan fingerprint density at radius 1 is 0.960 bits per heavy atom. The van der Waals surface area contributed by atoms with Gasteiger partial charge in [0, 0.05) is 0 Å². The topological polar surface area (TPSA) is 64.0 Å². The molecule has 5 nitrogen and oxygen atoms in total. The first-order valence-corrected chi connectivity index (χ1v) is 9.49. The van der Waals surface area contributed by atoms with E-state index in [0.29, 0.717) is 21.8 Å². The molecule has 1 heterocycles. The van der Waals surface area contributed by atoms with Crippen LogP contribution in [-0.2, 0) is 10.0 Å². The zero-order chi connectivity index (χ0) is 18.2. The van der Waals surface area contributed by atoms with Crippen molar-refractivity contribution in [3.63, 3.8) is 0 Å². The van der Waals surface area contributed by atoms with E-state index in [-0.39, 0.29) is 0 Å². The Hall–Kier alpha value is -2.60. The quantitative estimate of drug-likeness (QED) is 0.772. The molecule has 0 fully saturated rings. The van der Waals surface area contributed by atoms with Gasteiger partial charge in [-0.05, 0) is 57.0 Å². The van der Waals surface area contributed by atoms with Crippen LogP contribution in [0.1, 0.15) is 22.5 Å². The van der Waals surface area contributed by atoms with Gasteiger partial charge in [-0.25, -0.2) is 13.1 Å². The van der Waals surface area contributed by atoms with Crippen LogP contribution in [0.5, 0.6) is 0 Å². The number of rotatable bonds is 4. The van der Waals surface area contributed by atoms with E-state index in [2.05, 4.69) is 9.82 Å². The molecular formula is C19H21N3O2S. The molecule has 0 atom stereocenters. The number of hydrogen-bond acceptors (Lipinski definition) is 3. The van der Waals surface area contributed by atoms with E-state index in [1.165, 1.54) is 0 Å². The predicted molar refractivity (Wildman–Crippen MR) is 99.8 cm³/mol. The molecule has 6 heteroatoms. The summed E-state index contributed by atoms with van der Waals surface area (Å²) in [4.78, 5) is 0.291. The molecule has 0 saturated heterocycles. The lowest BCUT2D eigenvalue weighted by Gasteiger charge is -2.12. The van der Waals surface area contributed by atoms with Crippen molar-refractivity contribution in [1.29, 1.82) is 0 Å². The third kappa shape index (κ3) is 3.30. The summed E-state index contributed by atoms with van der Waals surface area (Å²) in [5.74, 6) is 0. The Kier molecular flexibility index (Phi) is 4.39. The standard InChI is InChI=1S/C19H21N3O2S/c1-13-10-11-14(2)18(12-13)25(23,24)21-19-15(3)20-22(16(19)4)17-8-6-5-7-9-17/h5-12,21H,1-4H3. The summed E-state index contributed by atoms with van der Waals surface area (Å²) in [7, 11) is -3.68. The molecule has 1 N–H and O–H groups in total. The summed E-state index contributed by atoms with van der Waals surface area (Å²) in [5.41, 5.74) is 4.40. The Bertz CT molecular complexity index is 1020. The van der Waals surface area contributed by atoms with Crippen molar-refractivity contribution in [1.82, 2.24) is 9.78 Å². The third-order valence-electron chi connectivity index (χ3n) is 4.16. The van der Waals surface area contributed by atoms with Gasteiger partial charge in [0.1, 0.15) is 0 Å². The highest BCUT2D eigenvalue weighted by Gasteiger charge is 2.22. The monoisotopic (exact) mass is 355 g/mol. The van der Waals surface area contributed by atoms with Crippen molar-refractivity contribution in [3.8, 4) is 5.69 Å². The first-order valence-electron chi connectivity index (χ1n) is 8.01. The van der Waals surface area contributed by atoms with Crippen molar-refractivity contribution in [2.24, 2.45) is 0 Å². The van der Waals surface area contributed by atoms with Crippen LogP contribution in [0.2, 0.25) is 0 Å². The highest BCUT2D eigenvalue weighted by atomic mass is 32.2. The lowest BCUT2D eigenvalue weighted by Crippen LogP contribution is -2.15. The Morgan fingerprint density at radius 3 is 2.32 bits per heavy atom. The van der Waals surface area contributed by atoms with E-state index in [4.69, 9.17) is 0 Å². The van der Waals surface area contributed by atoms with E-state index < -0.39 is 10.0 Å². The molecule has 130 valence electrons. The van der Waals surface area contributed by atoms with Crippen molar-refractivity contribution >= 4 is 15.7 Å². The highest BCUT2D eigenvalue weighted by molar-refractivity contribution is 7.92. The number of nitrogens with zero attached hydrogens (tertiary/aromatic N) is 2. The average Bonchev–Trinajstić information content (AvgIpc) is 2.85. The number of aromatic nitrogens is 2. The number of sulfonamides is 1. The number of aryl methyl sites for hydroxylation is 3. The van der Waals surface area contributed by atoms with Gasteiger partial charge >= 0.3 is 0 Å². The van der Waals surface area contributed by atoms with E-state index >= 15 is 0 Å². The zero-order valence-electron chi connectivity index (χ0n) is 14.7. The molecule has 0 amide bonds. The summed E-state index contributed by atoms with van der Waals surface area (Å²) in [6.07, 6.45) is 0. The van der Waals surface area contributed by atoms with Crippen LogP contribution in [0.4, 0.5) is 5.69 Å². The van der Waals surface area contributed by atoms with Crippen LogP contribution < -0.4 is 4.72 Å². The molecule has 0 aliphatic rings. The minimum absolute atomic E-state index is 0.291. The molecule has 0 bridgehead atoms. The number of hydrogen-bond donors (Lipinski definition) is 1. The molecular weight excluding hydrogens is 334 g/mol. The van der Waals surface area contributed by atoms with Gasteiger partial charge in [-0.2, -0.15) is 5.10 Å². The molecule has 0 aliphatic heterocycles. The van der Waals surface area contributed by atoms with Gasteiger partial charge in [0.05, 0.1) is 27.7 Å². The van der Waals surface area contributed by atoms with E-state index in [1.54, 1.807) is 24.6 Å². The van der Waals surface area contributed by atoms with Gasteiger partial charge in [-0.15, -0.1) is 0 Å². The molecule has 1 aromatic heterocycles. The van der Waals surface area contributed by atoms with Crippen LogP contribution in [0.15, 0.2) is 53.4 Å². The fourth-order valence-corrected chi connectivity index (χ4v) is 4.30. The summed E-state index contributed by atoms with van der Waals surface area (Å²) in [5, 5.41) is 4.49. The maximum Gasteiger partial charge on any atom is 0.262 e. The van der Waals surface area contributed by atoms with Crippen LogP contribution in [-0.4, -0.2) is 18.2 Å². The Balaban J connectivity index is 2.04. The number of nitrogens with one attached hydrogen (secondary N) is 1. The molecule has 0 radical (unpaired) electrons. The Labute approximate surface area is 148 Å². The molecule has 0 saturated carbocycles. The van der Waals surface area contributed by atoms with Gasteiger partial charge in [-0.1, -0.05) is 30.3 Å². The molecule has 0 aliphatic carbocycles.